The predicted molar refractivity (Wildman–Crippen MR) is 84.9 cm³/mol. The molecule has 1 heterocycles. The molecule has 2 aromatic carbocycles. The molecule has 0 saturated heterocycles. The lowest BCUT2D eigenvalue weighted by Crippen LogP contribution is -2.12. The van der Waals surface area contributed by atoms with Crippen LogP contribution in [0, 0.1) is 13.8 Å². The second kappa shape index (κ2) is 5.37. The SMILES string of the molecule is Cc1cc(C)cc(CSc2ccc3c(c2)NC(=O)C3=O)c1. The zero-order valence-electron chi connectivity index (χ0n) is 11.9. The lowest BCUT2D eigenvalue weighted by molar-refractivity contribution is -0.112. The van der Waals surface area contributed by atoms with Gasteiger partial charge in [0.05, 0.1) is 11.3 Å². The first-order valence-electron chi connectivity index (χ1n) is 6.72. The zero-order chi connectivity index (χ0) is 15.0. The van der Waals surface area contributed by atoms with Crippen molar-refractivity contribution in [2.45, 2.75) is 24.5 Å². The van der Waals surface area contributed by atoms with Gasteiger partial charge in [0.2, 0.25) is 0 Å². The summed E-state index contributed by atoms with van der Waals surface area (Å²) in [6, 6.07) is 12.0. The Bertz CT molecular complexity index is 732. The third-order valence-electron chi connectivity index (χ3n) is 3.38. The number of hydrogen-bond acceptors (Lipinski definition) is 3. The molecule has 1 amide bonds. The van der Waals surface area contributed by atoms with Gasteiger partial charge in [-0.3, -0.25) is 9.59 Å². The second-order valence-electron chi connectivity index (χ2n) is 5.28. The number of rotatable bonds is 3. The van der Waals surface area contributed by atoms with E-state index in [1.165, 1.54) is 16.7 Å². The van der Waals surface area contributed by atoms with E-state index in [0.717, 1.165) is 10.6 Å². The van der Waals surface area contributed by atoms with Gasteiger partial charge in [-0.2, -0.15) is 0 Å². The minimum atomic E-state index is -0.540. The van der Waals surface area contributed by atoms with E-state index in [4.69, 9.17) is 0 Å². The Hall–Kier alpha value is -2.07. The molecular weight excluding hydrogens is 282 g/mol. The molecule has 21 heavy (non-hydrogen) atoms. The molecule has 0 aliphatic carbocycles. The Morgan fingerprint density at radius 1 is 1.00 bits per heavy atom. The van der Waals surface area contributed by atoms with Crippen LogP contribution >= 0.6 is 11.8 Å². The molecule has 1 aliphatic rings. The maximum atomic E-state index is 11.5. The number of nitrogens with one attached hydrogen (secondary N) is 1. The molecule has 0 bridgehead atoms. The standard InChI is InChI=1S/C17H15NO2S/c1-10-5-11(2)7-12(6-10)9-21-13-3-4-14-15(8-13)18-17(20)16(14)19/h3-8H,9H2,1-2H3,(H,18,19,20). The molecular formula is C17H15NO2S. The lowest BCUT2D eigenvalue weighted by Gasteiger charge is -2.06. The summed E-state index contributed by atoms with van der Waals surface area (Å²) in [5.41, 5.74) is 4.89. The molecule has 1 N–H and O–H groups in total. The topological polar surface area (TPSA) is 46.2 Å². The number of thioether (sulfide) groups is 1. The van der Waals surface area contributed by atoms with Crippen molar-refractivity contribution in [1.82, 2.24) is 0 Å². The normalized spacial score (nSPS) is 13.2. The Balaban J connectivity index is 1.76. The minimum absolute atomic E-state index is 0.448. The van der Waals surface area contributed by atoms with Crippen molar-refractivity contribution in [3.05, 3.63) is 58.7 Å². The summed E-state index contributed by atoms with van der Waals surface area (Å²) >= 11 is 1.70. The fourth-order valence-electron chi connectivity index (χ4n) is 2.53. The van der Waals surface area contributed by atoms with Gasteiger partial charge in [-0.15, -0.1) is 11.8 Å². The van der Waals surface area contributed by atoms with Gasteiger partial charge in [-0.05, 0) is 37.6 Å². The summed E-state index contributed by atoms with van der Waals surface area (Å²) in [6.45, 7) is 4.19. The molecule has 0 radical (unpaired) electrons. The van der Waals surface area contributed by atoms with Crippen LogP contribution in [0.25, 0.3) is 0 Å². The van der Waals surface area contributed by atoms with Crippen LogP contribution in [0.4, 0.5) is 5.69 Å². The first kappa shape index (κ1) is 13.9. The Kier molecular flexibility index (Phi) is 3.55. The van der Waals surface area contributed by atoms with Gasteiger partial charge in [-0.1, -0.05) is 29.3 Å². The van der Waals surface area contributed by atoms with Crippen molar-refractivity contribution < 1.29 is 9.59 Å². The van der Waals surface area contributed by atoms with E-state index in [1.54, 1.807) is 17.8 Å². The van der Waals surface area contributed by atoms with E-state index in [9.17, 15) is 9.59 Å². The fourth-order valence-corrected chi connectivity index (χ4v) is 3.40. The number of ketones is 1. The van der Waals surface area contributed by atoms with Crippen molar-refractivity contribution >= 4 is 29.1 Å². The zero-order valence-corrected chi connectivity index (χ0v) is 12.7. The average Bonchev–Trinajstić information content (AvgIpc) is 2.70. The molecule has 0 atom stereocenters. The molecule has 0 fully saturated rings. The molecule has 106 valence electrons. The van der Waals surface area contributed by atoms with Gasteiger partial charge in [0.15, 0.2) is 0 Å². The Morgan fingerprint density at radius 2 is 1.71 bits per heavy atom. The van der Waals surface area contributed by atoms with E-state index in [1.807, 2.05) is 12.1 Å². The van der Waals surface area contributed by atoms with Crippen LogP contribution in [0.2, 0.25) is 0 Å². The summed E-state index contributed by atoms with van der Waals surface area (Å²) < 4.78 is 0. The number of carbonyl (C=O) groups excluding carboxylic acids is 2. The molecule has 0 saturated carbocycles. The van der Waals surface area contributed by atoms with E-state index in [0.29, 0.717) is 11.3 Å². The van der Waals surface area contributed by atoms with Gasteiger partial charge >= 0.3 is 0 Å². The van der Waals surface area contributed by atoms with Gasteiger partial charge in [0.25, 0.3) is 11.7 Å². The molecule has 2 aromatic rings. The highest BCUT2D eigenvalue weighted by molar-refractivity contribution is 7.98. The number of fused-ring (bicyclic) bond motifs is 1. The second-order valence-corrected chi connectivity index (χ2v) is 6.32. The van der Waals surface area contributed by atoms with Crippen LogP contribution in [0.5, 0.6) is 0 Å². The third-order valence-corrected chi connectivity index (χ3v) is 4.44. The number of anilines is 1. The summed E-state index contributed by atoms with van der Waals surface area (Å²) in [6.07, 6.45) is 0. The smallest absolute Gasteiger partial charge is 0.296 e. The van der Waals surface area contributed by atoms with Crippen LogP contribution in [0.15, 0.2) is 41.3 Å². The molecule has 0 unspecified atom stereocenters. The number of Topliss-reactive ketones (excluding diaryl/α,β-unsaturated/α-hetero) is 1. The summed E-state index contributed by atoms with van der Waals surface area (Å²) in [7, 11) is 0. The fraction of sp³-hybridized carbons (Fsp3) is 0.176. The van der Waals surface area contributed by atoms with Crippen LogP contribution in [-0.2, 0) is 10.5 Å². The molecule has 3 nitrogen and oxygen atoms in total. The summed E-state index contributed by atoms with van der Waals surface area (Å²) in [4.78, 5) is 23.9. The van der Waals surface area contributed by atoms with Gasteiger partial charge in [0.1, 0.15) is 0 Å². The van der Waals surface area contributed by atoms with Gasteiger partial charge < -0.3 is 5.32 Å². The molecule has 3 rings (SSSR count). The quantitative estimate of drug-likeness (QED) is 0.693. The lowest BCUT2D eigenvalue weighted by atomic mass is 10.1. The van der Waals surface area contributed by atoms with Crippen molar-refractivity contribution in [2.24, 2.45) is 0 Å². The third kappa shape index (κ3) is 2.85. The highest BCUT2D eigenvalue weighted by Crippen LogP contribution is 2.30. The van der Waals surface area contributed by atoms with Crippen LogP contribution in [-0.4, -0.2) is 11.7 Å². The first-order valence-corrected chi connectivity index (χ1v) is 7.71. The van der Waals surface area contributed by atoms with Gasteiger partial charge in [0, 0.05) is 10.6 Å². The maximum absolute atomic E-state index is 11.5. The van der Waals surface area contributed by atoms with Crippen molar-refractivity contribution in [1.29, 1.82) is 0 Å². The minimum Gasteiger partial charge on any atom is -0.318 e. The largest absolute Gasteiger partial charge is 0.318 e. The van der Waals surface area contributed by atoms with E-state index in [2.05, 4.69) is 37.4 Å². The van der Waals surface area contributed by atoms with Crippen molar-refractivity contribution in [2.75, 3.05) is 5.32 Å². The molecule has 0 aromatic heterocycles. The number of hydrogen-bond donors (Lipinski definition) is 1. The van der Waals surface area contributed by atoms with Crippen LogP contribution in [0.3, 0.4) is 0 Å². The number of amides is 1. The van der Waals surface area contributed by atoms with E-state index in [-0.39, 0.29) is 0 Å². The average molecular weight is 297 g/mol. The predicted octanol–water partition coefficient (Wildman–Crippen LogP) is 3.73. The van der Waals surface area contributed by atoms with Gasteiger partial charge in [-0.25, -0.2) is 0 Å². The first-order chi connectivity index (χ1) is 10.0. The summed E-state index contributed by atoms with van der Waals surface area (Å²) in [5.74, 6) is -0.124. The molecule has 0 spiro atoms. The van der Waals surface area contributed by atoms with Crippen molar-refractivity contribution in [3.8, 4) is 0 Å². The van der Waals surface area contributed by atoms with E-state index >= 15 is 0 Å². The molecule has 1 aliphatic heterocycles. The molecule has 4 heteroatoms. The van der Waals surface area contributed by atoms with Crippen LogP contribution < -0.4 is 5.32 Å². The highest BCUT2D eigenvalue weighted by Gasteiger charge is 2.27. The monoisotopic (exact) mass is 297 g/mol. The number of aryl methyl sites for hydroxylation is 2. The van der Waals surface area contributed by atoms with Crippen molar-refractivity contribution in [3.63, 3.8) is 0 Å². The number of carbonyl (C=O) groups is 2. The maximum Gasteiger partial charge on any atom is 0.296 e. The number of benzene rings is 2. The Labute approximate surface area is 127 Å². The highest BCUT2D eigenvalue weighted by atomic mass is 32.2. The van der Waals surface area contributed by atoms with Crippen LogP contribution in [0.1, 0.15) is 27.0 Å². The van der Waals surface area contributed by atoms with E-state index < -0.39 is 11.7 Å². The summed E-state index contributed by atoms with van der Waals surface area (Å²) in [5, 5.41) is 2.60. The Morgan fingerprint density at radius 3 is 2.43 bits per heavy atom.